The van der Waals surface area contributed by atoms with Gasteiger partial charge in [0.2, 0.25) is 10.0 Å². The standard InChI is InChI=1S/C28H35N3O6S2/c1-19-6-4-12-30(16-19)39(33,34)23-10-11-25-24(15-23)29-28(31(25)17-22-7-5-13-37-22)38-18-21-9-8-20(27(32)36-3)14-26(21)35-2/h8-11,14-15,19,22H,4-7,12-13,16-18H2,1-3H3. The number of hydrogen-bond donors (Lipinski definition) is 0. The van der Waals surface area contributed by atoms with Gasteiger partial charge in [0.25, 0.3) is 0 Å². The van der Waals surface area contributed by atoms with E-state index >= 15 is 0 Å². The van der Waals surface area contributed by atoms with Gasteiger partial charge in [-0.2, -0.15) is 4.31 Å². The molecule has 2 fully saturated rings. The van der Waals surface area contributed by atoms with E-state index in [0.29, 0.717) is 48.1 Å². The van der Waals surface area contributed by atoms with Crippen LogP contribution in [0.15, 0.2) is 46.5 Å². The van der Waals surface area contributed by atoms with E-state index in [0.717, 1.165) is 48.5 Å². The number of benzene rings is 2. The SMILES string of the molecule is COC(=O)c1ccc(CSc2nc3cc(S(=O)(=O)N4CCCC(C)C4)ccc3n2CC2CCCO2)c(OC)c1. The van der Waals surface area contributed by atoms with E-state index in [1.807, 2.05) is 12.1 Å². The summed E-state index contributed by atoms with van der Waals surface area (Å²) in [5.74, 6) is 1.08. The van der Waals surface area contributed by atoms with Gasteiger partial charge in [-0.05, 0) is 61.9 Å². The Morgan fingerprint density at radius 2 is 2.00 bits per heavy atom. The van der Waals surface area contributed by atoms with Crippen LogP contribution in [0.25, 0.3) is 11.0 Å². The first-order valence-corrected chi connectivity index (χ1v) is 15.7. The molecule has 9 nitrogen and oxygen atoms in total. The van der Waals surface area contributed by atoms with Gasteiger partial charge in [-0.25, -0.2) is 18.2 Å². The fourth-order valence-electron chi connectivity index (χ4n) is 5.29. The predicted molar refractivity (Wildman–Crippen MR) is 150 cm³/mol. The molecule has 5 rings (SSSR count). The minimum atomic E-state index is -3.59. The summed E-state index contributed by atoms with van der Waals surface area (Å²) in [4.78, 5) is 17.1. The second kappa shape index (κ2) is 11.9. The van der Waals surface area contributed by atoms with Crippen molar-refractivity contribution in [1.29, 1.82) is 0 Å². The van der Waals surface area contributed by atoms with E-state index in [-0.39, 0.29) is 11.0 Å². The lowest BCUT2D eigenvalue weighted by atomic mass is 10.0. The third-order valence-corrected chi connectivity index (χ3v) is 10.3. The lowest BCUT2D eigenvalue weighted by Gasteiger charge is -2.30. The van der Waals surface area contributed by atoms with E-state index in [4.69, 9.17) is 19.2 Å². The Bertz CT molecular complexity index is 1450. The zero-order valence-corrected chi connectivity index (χ0v) is 24.2. The fraction of sp³-hybridized carbons (Fsp3) is 0.500. The van der Waals surface area contributed by atoms with Crippen molar-refractivity contribution in [3.05, 3.63) is 47.5 Å². The summed E-state index contributed by atoms with van der Waals surface area (Å²) in [5, 5.41) is 0.778. The van der Waals surface area contributed by atoms with Crippen molar-refractivity contribution < 1.29 is 27.4 Å². The van der Waals surface area contributed by atoms with Crippen LogP contribution in [0.2, 0.25) is 0 Å². The zero-order chi connectivity index (χ0) is 27.6. The summed E-state index contributed by atoms with van der Waals surface area (Å²) < 4.78 is 46.9. The molecule has 0 saturated carbocycles. The topological polar surface area (TPSA) is 100.0 Å². The highest BCUT2D eigenvalue weighted by Gasteiger charge is 2.29. The molecule has 2 unspecified atom stereocenters. The summed E-state index contributed by atoms with van der Waals surface area (Å²) >= 11 is 1.54. The smallest absolute Gasteiger partial charge is 0.337 e. The van der Waals surface area contributed by atoms with Crippen LogP contribution in [0.4, 0.5) is 0 Å². The first-order chi connectivity index (χ1) is 18.8. The molecule has 0 spiro atoms. The minimum absolute atomic E-state index is 0.0915. The van der Waals surface area contributed by atoms with Crippen molar-refractivity contribution >= 4 is 38.8 Å². The minimum Gasteiger partial charge on any atom is -0.496 e. The van der Waals surface area contributed by atoms with Crippen LogP contribution in [0.1, 0.15) is 48.5 Å². The number of ether oxygens (including phenoxy) is 3. The van der Waals surface area contributed by atoms with Gasteiger partial charge >= 0.3 is 5.97 Å². The van der Waals surface area contributed by atoms with E-state index in [1.165, 1.54) is 7.11 Å². The molecule has 0 radical (unpaired) electrons. The van der Waals surface area contributed by atoms with Crippen LogP contribution in [0.5, 0.6) is 5.75 Å². The van der Waals surface area contributed by atoms with Gasteiger partial charge in [-0.3, -0.25) is 0 Å². The van der Waals surface area contributed by atoms with E-state index in [1.54, 1.807) is 47.4 Å². The second-order valence-corrected chi connectivity index (χ2v) is 13.1. The van der Waals surface area contributed by atoms with Crippen LogP contribution in [-0.2, 0) is 31.8 Å². The van der Waals surface area contributed by atoms with Gasteiger partial charge in [-0.15, -0.1) is 0 Å². The molecule has 2 atom stereocenters. The van der Waals surface area contributed by atoms with Crippen molar-refractivity contribution in [2.24, 2.45) is 5.92 Å². The number of esters is 1. The maximum atomic E-state index is 13.4. The number of methoxy groups -OCH3 is 2. The number of nitrogens with zero attached hydrogens (tertiary/aromatic N) is 3. The summed E-state index contributed by atoms with van der Waals surface area (Å²) in [6, 6.07) is 10.5. The van der Waals surface area contributed by atoms with Crippen molar-refractivity contribution in [3.8, 4) is 5.75 Å². The lowest BCUT2D eigenvalue weighted by molar-refractivity contribution is 0.0600. The molecule has 2 aromatic carbocycles. The van der Waals surface area contributed by atoms with Crippen molar-refractivity contribution in [2.75, 3.05) is 33.9 Å². The summed E-state index contributed by atoms with van der Waals surface area (Å²) in [6.45, 7) is 4.59. The number of thioether (sulfide) groups is 1. The third-order valence-electron chi connectivity index (χ3n) is 7.42. The molecule has 11 heteroatoms. The van der Waals surface area contributed by atoms with Crippen LogP contribution < -0.4 is 4.74 Å². The lowest BCUT2D eigenvalue weighted by Crippen LogP contribution is -2.39. The van der Waals surface area contributed by atoms with E-state index in [2.05, 4.69) is 11.5 Å². The van der Waals surface area contributed by atoms with Gasteiger partial charge in [0.15, 0.2) is 5.16 Å². The van der Waals surface area contributed by atoms with Crippen LogP contribution in [-0.4, -0.2) is 68.3 Å². The average Bonchev–Trinajstić information content (AvgIpc) is 3.59. The first kappa shape index (κ1) is 27.9. The van der Waals surface area contributed by atoms with Crippen LogP contribution in [0, 0.1) is 5.92 Å². The maximum absolute atomic E-state index is 13.4. The van der Waals surface area contributed by atoms with Gasteiger partial charge in [0.05, 0.1) is 48.4 Å². The van der Waals surface area contributed by atoms with Crippen molar-refractivity contribution in [2.45, 2.75) is 61.1 Å². The first-order valence-electron chi connectivity index (χ1n) is 13.3. The van der Waals surface area contributed by atoms with Gasteiger partial charge in [0.1, 0.15) is 5.75 Å². The number of carbonyl (C=O) groups is 1. The van der Waals surface area contributed by atoms with Crippen molar-refractivity contribution in [3.63, 3.8) is 0 Å². The normalized spacial score (nSPS) is 20.4. The largest absolute Gasteiger partial charge is 0.496 e. The third kappa shape index (κ3) is 5.96. The summed E-state index contributed by atoms with van der Waals surface area (Å²) in [6.07, 6.45) is 4.03. The zero-order valence-electron chi connectivity index (χ0n) is 22.6. The van der Waals surface area contributed by atoms with Crippen LogP contribution >= 0.6 is 11.8 Å². The highest BCUT2D eigenvalue weighted by molar-refractivity contribution is 7.98. The number of fused-ring (bicyclic) bond motifs is 1. The quantitative estimate of drug-likeness (QED) is 0.268. The molecule has 0 amide bonds. The molecule has 1 aromatic heterocycles. The molecule has 39 heavy (non-hydrogen) atoms. The number of aromatic nitrogens is 2. The highest BCUT2D eigenvalue weighted by atomic mass is 32.2. The molecule has 0 N–H and O–H groups in total. The Balaban J connectivity index is 1.46. The van der Waals surface area contributed by atoms with E-state index in [9.17, 15) is 13.2 Å². The molecule has 210 valence electrons. The number of imidazole rings is 1. The summed E-state index contributed by atoms with van der Waals surface area (Å²) in [7, 11) is -0.672. The van der Waals surface area contributed by atoms with Crippen LogP contribution in [0.3, 0.4) is 0 Å². The number of piperidine rings is 1. The molecular formula is C28H35N3O6S2. The molecule has 2 saturated heterocycles. The molecular weight excluding hydrogens is 538 g/mol. The Labute approximate surface area is 233 Å². The highest BCUT2D eigenvalue weighted by Crippen LogP contribution is 2.33. The Kier molecular flexibility index (Phi) is 8.51. The molecule has 2 aliphatic heterocycles. The Morgan fingerprint density at radius 3 is 2.72 bits per heavy atom. The number of rotatable bonds is 9. The van der Waals surface area contributed by atoms with Crippen molar-refractivity contribution in [1.82, 2.24) is 13.9 Å². The monoisotopic (exact) mass is 573 g/mol. The maximum Gasteiger partial charge on any atom is 0.337 e. The van der Waals surface area contributed by atoms with Gasteiger partial charge < -0.3 is 18.8 Å². The molecule has 3 heterocycles. The molecule has 3 aromatic rings. The molecule has 0 aliphatic carbocycles. The van der Waals surface area contributed by atoms with Gasteiger partial charge in [0, 0.05) is 31.0 Å². The molecule has 0 bridgehead atoms. The number of sulfonamides is 1. The van der Waals surface area contributed by atoms with Gasteiger partial charge in [-0.1, -0.05) is 24.8 Å². The number of carbonyl (C=O) groups excluding carboxylic acids is 1. The number of hydrogen-bond acceptors (Lipinski definition) is 8. The Hall–Kier alpha value is -2.60. The fourth-order valence-corrected chi connectivity index (χ4v) is 7.92. The molecule has 2 aliphatic rings. The average molecular weight is 574 g/mol. The summed E-state index contributed by atoms with van der Waals surface area (Å²) in [5.41, 5.74) is 2.86. The predicted octanol–water partition coefficient (Wildman–Crippen LogP) is 4.72. The van der Waals surface area contributed by atoms with E-state index < -0.39 is 16.0 Å². The second-order valence-electron chi connectivity index (χ2n) is 10.2. The Morgan fingerprint density at radius 1 is 1.15 bits per heavy atom.